The van der Waals surface area contributed by atoms with Gasteiger partial charge in [0, 0.05) is 17.8 Å². The van der Waals surface area contributed by atoms with Crippen LogP contribution in [0.1, 0.15) is 11.1 Å². The lowest BCUT2D eigenvalue weighted by molar-refractivity contribution is 0.613. The van der Waals surface area contributed by atoms with Crippen LogP contribution in [0.3, 0.4) is 0 Å². The van der Waals surface area contributed by atoms with Crippen molar-refractivity contribution in [2.75, 3.05) is 5.32 Å². The second kappa shape index (κ2) is 5.70. The van der Waals surface area contributed by atoms with Crippen molar-refractivity contribution >= 4 is 5.69 Å². The number of aromatic nitrogens is 4. The molecule has 106 valence electrons. The summed E-state index contributed by atoms with van der Waals surface area (Å²) >= 11 is 0. The lowest BCUT2D eigenvalue weighted by Gasteiger charge is -2.10. The van der Waals surface area contributed by atoms with Gasteiger partial charge in [-0.2, -0.15) is 0 Å². The Morgan fingerprint density at radius 1 is 1.19 bits per heavy atom. The summed E-state index contributed by atoms with van der Waals surface area (Å²) in [6, 6.07) is 12.6. The van der Waals surface area contributed by atoms with Crippen LogP contribution in [0.4, 0.5) is 10.1 Å². The molecule has 0 aliphatic heterocycles. The summed E-state index contributed by atoms with van der Waals surface area (Å²) in [4.78, 5) is 0. The quantitative estimate of drug-likeness (QED) is 0.800. The van der Waals surface area contributed by atoms with Crippen LogP contribution in [0.5, 0.6) is 0 Å². The van der Waals surface area contributed by atoms with Gasteiger partial charge in [0.05, 0.1) is 5.69 Å². The molecule has 0 saturated heterocycles. The van der Waals surface area contributed by atoms with Gasteiger partial charge < -0.3 is 5.32 Å². The van der Waals surface area contributed by atoms with Crippen molar-refractivity contribution in [3.05, 3.63) is 65.7 Å². The third-order valence-electron chi connectivity index (χ3n) is 3.25. The molecule has 0 aliphatic carbocycles. The van der Waals surface area contributed by atoms with Crippen LogP contribution in [-0.2, 0) is 6.54 Å². The molecule has 2 aromatic carbocycles. The minimum Gasteiger partial charge on any atom is -0.381 e. The van der Waals surface area contributed by atoms with E-state index in [1.165, 1.54) is 6.07 Å². The van der Waals surface area contributed by atoms with E-state index in [9.17, 15) is 4.39 Å². The molecule has 0 bridgehead atoms. The third kappa shape index (κ3) is 2.89. The van der Waals surface area contributed by atoms with E-state index < -0.39 is 0 Å². The highest BCUT2D eigenvalue weighted by Crippen LogP contribution is 2.19. The Bertz CT molecular complexity index is 740. The number of tetrazole rings is 1. The number of benzene rings is 2. The van der Waals surface area contributed by atoms with Crippen LogP contribution >= 0.6 is 0 Å². The minimum atomic E-state index is -0.210. The molecule has 1 heterocycles. The summed E-state index contributed by atoms with van der Waals surface area (Å²) in [5.41, 5.74) is 3.45. The molecule has 3 rings (SSSR count). The highest BCUT2D eigenvalue weighted by Gasteiger charge is 2.05. The average Bonchev–Trinajstić information content (AvgIpc) is 3.02. The fourth-order valence-electron chi connectivity index (χ4n) is 2.08. The first kappa shape index (κ1) is 13.2. The number of aryl methyl sites for hydroxylation is 1. The molecule has 0 radical (unpaired) electrons. The lowest BCUT2D eigenvalue weighted by Crippen LogP contribution is -2.04. The zero-order valence-electron chi connectivity index (χ0n) is 11.5. The summed E-state index contributed by atoms with van der Waals surface area (Å²) < 4.78 is 15.2. The molecule has 0 atom stereocenters. The standard InChI is InChI=1S/C15H14FN5/c1-11-6-7-13(8-15(11)21-10-18-19-20-21)17-9-12-4-2-3-5-14(12)16/h2-8,10,17H,9H2,1H3. The van der Waals surface area contributed by atoms with Gasteiger partial charge in [-0.25, -0.2) is 9.07 Å². The first-order chi connectivity index (χ1) is 10.2. The van der Waals surface area contributed by atoms with Gasteiger partial charge in [-0.05, 0) is 41.1 Å². The Morgan fingerprint density at radius 2 is 2.05 bits per heavy atom. The van der Waals surface area contributed by atoms with Gasteiger partial charge in [0.1, 0.15) is 12.1 Å². The highest BCUT2D eigenvalue weighted by atomic mass is 19.1. The molecule has 0 spiro atoms. The molecule has 5 nitrogen and oxygen atoms in total. The molecule has 0 aliphatic rings. The van der Waals surface area contributed by atoms with Crippen LogP contribution < -0.4 is 5.32 Å². The molecule has 1 N–H and O–H groups in total. The number of nitrogens with zero attached hydrogens (tertiary/aromatic N) is 4. The molecule has 0 amide bonds. The maximum Gasteiger partial charge on any atom is 0.143 e. The van der Waals surface area contributed by atoms with Crippen molar-refractivity contribution in [2.24, 2.45) is 0 Å². The van der Waals surface area contributed by atoms with Crippen molar-refractivity contribution in [2.45, 2.75) is 13.5 Å². The molecular formula is C15H14FN5. The highest BCUT2D eigenvalue weighted by molar-refractivity contribution is 5.54. The van der Waals surface area contributed by atoms with Gasteiger partial charge in [0.25, 0.3) is 0 Å². The van der Waals surface area contributed by atoms with E-state index in [-0.39, 0.29) is 5.82 Å². The smallest absolute Gasteiger partial charge is 0.143 e. The number of nitrogens with one attached hydrogen (secondary N) is 1. The maximum atomic E-state index is 13.6. The van der Waals surface area contributed by atoms with Gasteiger partial charge in [0.15, 0.2) is 0 Å². The summed E-state index contributed by atoms with van der Waals surface area (Å²) in [5, 5.41) is 14.4. The Hall–Kier alpha value is -2.76. The fraction of sp³-hybridized carbons (Fsp3) is 0.133. The number of hydrogen-bond acceptors (Lipinski definition) is 4. The van der Waals surface area contributed by atoms with Crippen molar-refractivity contribution in [1.82, 2.24) is 20.2 Å². The van der Waals surface area contributed by atoms with E-state index in [0.29, 0.717) is 12.1 Å². The Morgan fingerprint density at radius 3 is 2.81 bits per heavy atom. The number of rotatable bonds is 4. The summed E-state index contributed by atoms with van der Waals surface area (Å²) in [7, 11) is 0. The van der Waals surface area contributed by atoms with E-state index in [0.717, 1.165) is 16.9 Å². The Labute approximate surface area is 121 Å². The van der Waals surface area contributed by atoms with Crippen LogP contribution in [0.2, 0.25) is 0 Å². The zero-order valence-corrected chi connectivity index (χ0v) is 11.5. The zero-order chi connectivity index (χ0) is 14.7. The SMILES string of the molecule is Cc1ccc(NCc2ccccc2F)cc1-n1cnnn1. The van der Waals surface area contributed by atoms with Gasteiger partial charge in [-0.3, -0.25) is 0 Å². The maximum absolute atomic E-state index is 13.6. The molecule has 1 aromatic heterocycles. The number of anilines is 1. The monoisotopic (exact) mass is 283 g/mol. The van der Waals surface area contributed by atoms with Gasteiger partial charge in [-0.1, -0.05) is 24.3 Å². The Kier molecular flexibility index (Phi) is 3.59. The fourth-order valence-corrected chi connectivity index (χ4v) is 2.08. The van der Waals surface area contributed by atoms with Gasteiger partial charge in [-0.15, -0.1) is 5.10 Å². The van der Waals surface area contributed by atoms with Crippen LogP contribution in [0.25, 0.3) is 5.69 Å². The van der Waals surface area contributed by atoms with Gasteiger partial charge in [0.2, 0.25) is 0 Å². The van der Waals surface area contributed by atoms with E-state index in [2.05, 4.69) is 20.8 Å². The van der Waals surface area contributed by atoms with Crippen LogP contribution in [-0.4, -0.2) is 20.2 Å². The Balaban J connectivity index is 1.81. The largest absolute Gasteiger partial charge is 0.381 e. The number of hydrogen-bond donors (Lipinski definition) is 1. The van der Waals surface area contributed by atoms with Crippen molar-refractivity contribution in [3.8, 4) is 5.69 Å². The second-order valence-corrected chi connectivity index (χ2v) is 4.70. The summed E-state index contributed by atoms with van der Waals surface area (Å²) in [6.45, 7) is 2.41. The molecule has 6 heteroatoms. The van der Waals surface area contributed by atoms with Crippen LogP contribution in [0, 0.1) is 12.7 Å². The van der Waals surface area contributed by atoms with Crippen molar-refractivity contribution in [3.63, 3.8) is 0 Å². The molecule has 0 saturated carbocycles. The average molecular weight is 283 g/mol. The van der Waals surface area contributed by atoms with E-state index in [4.69, 9.17) is 0 Å². The minimum absolute atomic E-state index is 0.210. The van der Waals surface area contributed by atoms with E-state index >= 15 is 0 Å². The summed E-state index contributed by atoms with van der Waals surface area (Å²) in [6.07, 6.45) is 1.54. The predicted octanol–water partition coefficient (Wildman–Crippen LogP) is 2.72. The van der Waals surface area contributed by atoms with E-state index in [1.807, 2.05) is 31.2 Å². The lowest BCUT2D eigenvalue weighted by atomic mass is 10.1. The van der Waals surface area contributed by atoms with Crippen molar-refractivity contribution < 1.29 is 4.39 Å². The third-order valence-corrected chi connectivity index (χ3v) is 3.25. The summed E-state index contributed by atoms with van der Waals surface area (Å²) in [5.74, 6) is -0.210. The second-order valence-electron chi connectivity index (χ2n) is 4.70. The topological polar surface area (TPSA) is 55.6 Å². The first-order valence-electron chi connectivity index (χ1n) is 6.55. The molecule has 0 fully saturated rings. The molecule has 3 aromatic rings. The van der Waals surface area contributed by atoms with Crippen LogP contribution in [0.15, 0.2) is 48.8 Å². The first-order valence-corrected chi connectivity index (χ1v) is 6.55. The predicted molar refractivity (Wildman–Crippen MR) is 77.6 cm³/mol. The molecule has 0 unspecified atom stereocenters. The molecular weight excluding hydrogens is 269 g/mol. The van der Waals surface area contributed by atoms with Gasteiger partial charge >= 0.3 is 0 Å². The number of halogens is 1. The molecule has 21 heavy (non-hydrogen) atoms. The van der Waals surface area contributed by atoms with Crippen molar-refractivity contribution in [1.29, 1.82) is 0 Å². The van der Waals surface area contributed by atoms with E-state index in [1.54, 1.807) is 23.1 Å². The normalized spacial score (nSPS) is 10.6.